The van der Waals surface area contributed by atoms with Crippen LogP contribution in [0.1, 0.15) is 67.4 Å². The molecule has 5 atom stereocenters. The topological polar surface area (TPSA) is 184 Å². The van der Waals surface area contributed by atoms with Gasteiger partial charge in [-0.2, -0.15) is 0 Å². The number of methoxy groups -OCH3 is 1. The molecule has 3 aliphatic heterocycles. The Morgan fingerprint density at radius 2 is 1.87 bits per heavy atom. The quantitative estimate of drug-likeness (QED) is 0.167. The number of amides is 3. The number of alkyl carbamates (subject to hydrolysis) is 1. The average molecular weight is 778 g/mol. The van der Waals surface area contributed by atoms with Gasteiger partial charge in [0, 0.05) is 57.4 Å². The van der Waals surface area contributed by atoms with Gasteiger partial charge >= 0.3 is 12.1 Å². The van der Waals surface area contributed by atoms with Gasteiger partial charge in [-0.3, -0.25) is 14.9 Å². The van der Waals surface area contributed by atoms with Crippen LogP contribution in [0.15, 0.2) is 54.1 Å². The van der Waals surface area contributed by atoms with Crippen molar-refractivity contribution >= 4 is 58.5 Å². The Morgan fingerprint density at radius 3 is 2.51 bits per heavy atom. The summed E-state index contributed by atoms with van der Waals surface area (Å²) in [5.74, 6) is -0.930. The van der Waals surface area contributed by atoms with Crippen LogP contribution in [0.2, 0.25) is 5.02 Å². The van der Waals surface area contributed by atoms with Crippen LogP contribution in [0.25, 0.3) is 0 Å². The number of fused-ring (bicyclic) bond motifs is 5. The molecule has 2 aromatic carbocycles. The molecule has 0 aromatic heterocycles. The minimum atomic E-state index is -1.37. The van der Waals surface area contributed by atoms with Crippen LogP contribution >= 0.6 is 23.2 Å². The second-order valence-electron chi connectivity index (χ2n) is 13.3. The third-order valence-corrected chi connectivity index (χ3v) is 9.65. The summed E-state index contributed by atoms with van der Waals surface area (Å²) in [6, 6.07) is 7.81. The number of hydrogen-bond donors (Lipinski definition) is 4. The Bertz CT molecular complexity index is 1720. The van der Waals surface area contributed by atoms with Crippen LogP contribution in [-0.4, -0.2) is 96.7 Å². The van der Waals surface area contributed by atoms with Crippen LogP contribution in [0, 0.1) is 6.92 Å². The zero-order valence-corrected chi connectivity index (χ0v) is 32.7. The van der Waals surface area contributed by atoms with Crippen LogP contribution in [0.3, 0.4) is 0 Å². The smallest absolute Gasteiger partial charge is 0.409 e. The maximum absolute atomic E-state index is 12.9. The fourth-order valence-corrected chi connectivity index (χ4v) is 6.25. The lowest BCUT2D eigenvalue weighted by Gasteiger charge is -2.36. The molecule has 3 aliphatic rings. The third kappa shape index (κ3) is 11.8. The van der Waals surface area contributed by atoms with Crippen molar-refractivity contribution in [2.75, 3.05) is 38.2 Å². The molecule has 0 spiro atoms. The predicted molar refractivity (Wildman–Crippen MR) is 205 cm³/mol. The van der Waals surface area contributed by atoms with E-state index in [0.29, 0.717) is 53.4 Å². The summed E-state index contributed by atoms with van der Waals surface area (Å²) in [7, 11) is 4.73. The van der Waals surface area contributed by atoms with Gasteiger partial charge in [0.2, 0.25) is 5.91 Å². The van der Waals surface area contributed by atoms with Crippen LogP contribution in [0.4, 0.5) is 16.2 Å². The first-order valence-electron chi connectivity index (χ1n) is 17.1. The summed E-state index contributed by atoms with van der Waals surface area (Å²) in [6.07, 6.45) is 8.33. The normalized spacial score (nSPS) is 24.8. The molecule has 53 heavy (non-hydrogen) atoms. The van der Waals surface area contributed by atoms with Crippen molar-refractivity contribution in [2.45, 2.75) is 89.4 Å². The molecule has 3 unspecified atom stereocenters. The largest absolute Gasteiger partial charge is 0.495 e. The van der Waals surface area contributed by atoms with Crippen molar-refractivity contribution in [3.8, 4) is 5.75 Å². The van der Waals surface area contributed by atoms with Gasteiger partial charge in [0.15, 0.2) is 0 Å². The number of benzene rings is 2. The van der Waals surface area contributed by atoms with Gasteiger partial charge in [-0.1, -0.05) is 35.4 Å². The highest BCUT2D eigenvalue weighted by Crippen LogP contribution is 2.38. The summed E-state index contributed by atoms with van der Waals surface area (Å²) in [6.45, 7) is 5.26. The van der Waals surface area contributed by atoms with Crippen molar-refractivity contribution in [2.24, 2.45) is 0 Å². The number of aliphatic carboxylic acids is 1. The van der Waals surface area contributed by atoms with Crippen molar-refractivity contribution < 1.29 is 43.6 Å². The van der Waals surface area contributed by atoms with E-state index in [-0.39, 0.29) is 36.9 Å². The standard InChI is InChI=1S/C25H31ClN2O6.C12H16N2O3.CH3Cl/c1-15-6-4-5-9-25(31)14-17(33-24(30)27-25)13-20-19(34-20)7-8-22(29)28(2)18-11-16(10-15)12-21(32-3)23(18)26;1-7-6-9(4-5-10(7)13)11(15)14(3)8(2)12(16)17;1-2/h4-6,11-12,17,19-20,31H,7-10,13-14H2,1-3H3,(H,27,30);4-6,8H,13H2,1-3H3,(H,16,17);1H3/b5-4+,15-6+;;/t17?,19?,20?,25-;8-;/m10./s1. The van der Waals surface area contributed by atoms with E-state index in [0.717, 1.165) is 16.7 Å². The Labute approximate surface area is 320 Å². The summed E-state index contributed by atoms with van der Waals surface area (Å²) >= 11 is 11.2. The van der Waals surface area contributed by atoms with Gasteiger partial charge in [0.05, 0.1) is 25.0 Å². The number of nitrogens with two attached hydrogens (primary N) is 1. The maximum atomic E-state index is 12.9. The number of anilines is 2. The van der Waals surface area contributed by atoms with E-state index in [4.69, 9.17) is 36.7 Å². The first-order chi connectivity index (χ1) is 25.0. The zero-order valence-electron chi connectivity index (χ0n) is 31.2. The number of aryl methyl sites for hydroxylation is 1. The second-order valence-corrected chi connectivity index (χ2v) is 13.7. The van der Waals surface area contributed by atoms with E-state index >= 15 is 0 Å². The van der Waals surface area contributed by atoms with Gasteiger partial charge < -0.3 is 40.0 Å². The number of carbonyl (C=O) groups is 4. The lowest BCUT2D eigenvalue weighted by atomic mass is 9.96. The molecule has 15 heteroatoms. The number of halogens is 2. The van der Waals surface area contributed by atoms with Crippen LogP contribution in [0.5, 0.6) is 5.75 Å². The first-order valence-corrected chi connectivity index (χ1v) is 18.2. The first kappa shape index (κ1) is 43.1. The molecule has 0 aliphatic carbocycles. The average Bonchev–Trinajstić information content (AvgIpc) is 3.87. The number of ether oxygens (including phenoxy) is 3. The maximum Gasteiger partial charge on any atom is 0.409 e. The zero-order chi connectivity index (χ0) is 39.6. The molecular formula is C38H50Cl2N4O9. The molecule has 0 saturated carbocycles. The highest BCUT2D eigenvalue weighted by molar-refractivity contribution is 6.35. The fraction of sp³-hybridized carbons (Fsp3) is 0.474. The van der Waals surface area contributed by atoms with Crippen LogP contribution < -0.4 is 20.7 Å². The van der Waals surface area contributed by atoms with E-state index in [9.17, 15) is 24.3 Å². The van der Waals surface area contributed by atoms with Gasteiger partial charge in [-0.15, -0.1) is 11.6 Å². The number of carboxylic acids is 1. The molecule has 2 aromatic rings. The lowest BCUT2D eigenvalue weighted by molar-refractivity contribution is -0.141. The number of rotatable bonds is 4. The number of aliphatic hydroxyl groups is 1. The number of nitrogens with zero attached hydrogens (tertiary/aromatic N) is 2. The molecular weight excluding hydrogens is 727 g/mol. The summed E-state index contributed by atoms with van der Waals surface area (Å²) in [4.78, 5) is 50.5. The second kappa shape index (κ2) is 19.2. The van der Waals surface area contributed by atoms with E-state index in [2.05, 4.69) is 16.9 Å². The fourth-order valence-electron chi connectivity index (χ4n) is 5.94. The number of epoxide rings is 1. The number of nitrogens with one attached hydrogen (secondary N) is 1. The van der Waals surface area contributed by atoms with Gasteiger partial charge in [-0.25, -0.2) is 9.59 Å². The Hall–Kier alpha value is -4.30. The van der Waals surface area contributed by atoms with Crippen molar-refractivity contribution in [1.82, 2.24) is 10.2 Å². The number of alkyl halides is 1. The number of carboxylic acid groups (broad SMARTS) is 1. The van der Waals surface area contributed by atoms with E-state index in [1.807, 2.05) is 37.3 Å². The number of nitrogen functional groups attached to an aromatic ring is 1. The Morgan fingerprint density at radius 1 is 1.17 bits per heavy atom. The third-order valence-electron chi connectivity index (χ3n) is 9.27. The monoisotopic (exact) mass is 776 g/mol. The molecule has 5 rings (SSSR count). The summed E-state index contributed by atoms with van der Waals surface area (Å²) < 4.78 is 16.5. The molecule has 0 radical (unpaired) electrons. The molecule has 290 valence electrons. The predicted octanol–water partition coefficient (Wildman–Crippen LogP) is 5.86. The van der Waals surface area contributed by atoms with E-state index in [1.165, 1.54) is 25.3 Å². The van der Waals surface area contributed by atoms with Crippen molar-refractivity contribution in [3.63, 3.8) is 0 Å². The number of likely N-dealkylation sites (N-methyl/N-ethyl adjacent to an activating group) is 1. The molecule has 3 heterocycles. The Balaban J connectivity index is 0.000000335. The molecule has 2 fully saturated rings. The highest BCUT2D eigenvalue weighted by atomic mass is 35.5. The van der Waals surface area contributed by atoms with Crippen molar-refractivity contribution in [3.05, 3.63) is 75.8 Å². The minimum absolute atomic E-state index is 0.0777. The Kier molecular flexibility index (Phi) is 15.6. The number of allylic oxidation sites excluding steroid dienone is 3. The summed E-state index contributed by atoms with van der Waals surface area (Å²) in [5.41, 5.74) is 8.75. The number of carbonyl (C=O) groups excluding carboxylic acids is 3. The molecule has 3 amide bonds. The number of hydrogen-bond acceptors (Lipinski definition) is 9. The minimum Gasteiger partial charge on any atom is -0.495 e. The van der Waals surface area contributed by atoms with Gasteiger partial charge in [0.1, 0.15) is 28.6 Å². The van der Waals surface area contributed by atoms with Crippen molar-refractivity contribution in [1.29, 1.82) is 0 Å². The van der Waals surface area contributed by atoms with Gasteiger partial charge in [-0.05, 0) is 75.1 Å². The van der Waals surface area contributed by atoms with E-state index in [1.54, 1.807) is 44.2 Å². The van der Waals surface area contributed by atoms with Gasteiger partial charge in [0.25, 0.3) is 5.91 Å². The summed E-state index contributed by atoms with van der Waals surface area (Å²) in [5, 5.41) is 22.7. The van der Waals surface area contributed by atoms with Crippen LogP contribution in [-0.2, 0) is 25.5 Å². The molecule has 4 bridgehead atoms. The van der Waals surface area contributed by atoms with E-state index < -0.39 is 29.9 Å². The SMILES string of the molecule is CCl.COc1cc2cc(c1Cl)N(C)C(=O)CCC1OC1CC1C[C@](O)(C/C=C/C=C(\C)C2)NC(=O)O1.Cc1cc(C(=O)N(C)[C@@H](C)C(=O)O)ccc1N. The molecule has 13 nitrogen and oxygen atoms in total. The molecule has 5 N–H and O–H groups in total. The highest BCUT2D eigenvalue weighted by Gasteiger charge is 2.45. The lowest BCUT2D eigenvalue weighted by Crippen LogP contribution is -2.56. The molecule has 2 saturated heterocycles.